The maximum Gasteiger partial charge on any atom is 0.404 e. The van der Waals surface area contributed by atoms with Crippen LogP contribution in [0.2, 0.25) is 0 Å². The molecule has 8 nitrogen and oxygen atoms in total. The number of halogens is 1. The van der Waals surface area contributed by atoms with Gasteiger partial charge in [0.25, 0.3) is 0 Å². The smallest absolute Gasteiger partial charge is 0.404 e. The monoisotopic (exact) mass is 442 g/mol. The highest BCUT2D eigenvalue weighted by Gasteiger charge is 2.19. The van der Waals surface area contributed by atoms with Crippen molar-refractivity contribution in [3.8, 4) is 0 Å². The van der Waals surface area contributed by atoms with Crippen LogP contribution >= 0.6 is 15.9 Å². The van der Waals surface area contributed by atoms with Gasteiger partial charge in [-0.15, -0.1) is 0 Å². The number of rotatable bonds is 8. The first-order valence-electron chi connectivity index (χ1n) is 7.78. The Bertz CT molecular complexity index is 872. The van der Waals surface area contributed by atoms with E-state index in [1.165, 1.54) is 36.4 Å². The zero-order valence-electron chi connectivity index (χ0n) is 13.8. The molecular weight excluding hydrogens is 424 g/mol. The Kier molecular flexibility index (Phi) is 6.81. The van der Waals surface area contributed by atoms with Crippen molar-refractivity contribution in [3.63, 3.8) is 0 Å². The SMILES string of the molecule is Nc1ccc(S(=O)(=O)c2cc(Br)nc(NCCCCNC(=O)O)c2)cc1. The predicted molar refractivity (Wildman–Crippen MR) is 102 cm³/mol. The van der Waals surface area contributed by atoms with Gasteiger partial charge in [0, 0.05) is 18.8 Å². The van der Waals surface area contributed by atoms with Gasteiger partial charge in [0.05, 0.1) is 9.79 Å². The number of nitrogens with two attached hydrogens (primary N) is 1. The van der Waals surface area contributed by atoms with Gasteiger partial charge >= 0.3 is 6.09 Å². The first-order chi connectivity index (χ1) is 12.3. The molecule has 10 heteroatoms. The fourth-order valence-electron chi connectivity index (χ4n) is 2.16. The lowest BCUT2D eigenvalue weighted by molar-refractivity contribution is 0.194. The van der Waals surface area contributed by atoms with E-state index in [1.54, 1.807) is 0 Å². The molecule has 1 aromatic carbocycles. The molecule has 0 fully saturated rings. The molecule has 0 aliphatic rings. The van der Waals surface area contributed by atoms with Gasteiger partial charge in [-0.3, -0.25) is 0 Å². The van der Waals surface area contributed by atoms with Crippen molar-refractivity contribution in [2.45, 2.75) is 22.6 Å². The standard InChI is InChI=1S/C16H19BrN4O4S/c17-14-9-13(26(24,25)12-5-3-11(18)4-6-12)10-15(21-14)19-7-1-2-8-20-16(22)23/h3-6,9-10,20H,1-2,7-8,18H2,(H,19,21)(H,22,23). The zero-order chi connectivity index (χ0) is 19.2. The summed E-state index contributed by atoms with van der Waals surface area (Å²) in [6.45, 7) is 0.895. The number of unbranched alkanes of at least 4 members (excludes halogenated alkanes) is 1. The van der Waals surface area contributed by atoms with E-state index in [0.29, 0.717) is 42.0 Å². The lowest BCUT2D eigenvalue weighted by Gasteiger charge is -2.10. The van der Waals surface area contributed by atoms with Crippen molar-refractivity contribution in [1.82, 2.24) is 10.3 Å². The van der Waals surface area contributed by atoms with Gasteiger partial charge in [-0.25, -0.2) is 18.2 Å². The number of amides is 1. The van der Waals surface area contributed by atoms with Gasteiger partial charge in [0.15, 0.2) is 0 Å². The summed E-state index contributed by atoms with van der Waals surface area (Å²) < 4.78 is 25.9. The molecule has 0 radical (unpaired) electrons. The predicted octanol–water partition coefficient (Wildman–Crippen LogP) is 2.72. The van der Waals surface area contributed by atoms with E-state index < -0.39 is 15.9 Å². The normalized spacial score (nSPS) is 11.1. The molecule has 0 saturated heterocycles. The van der Waals surface area contributed by atoms with Crippen LogP contribution in [0.3, 0.4) is 0 Å². The fourth-order valence-corrected chi connectivity index (χ4v) is 4.05. The van der Waals surface area contributed by atoms with Crippen LogP contribution in [0.1, 0.15) is 12.8 Å². The first-order valence-corrected chi connectivity index (χ1v) is 10.1. The highest BCUT2D eigenvalue weighted by atomic mass is 79.9. The summed E-state index contributed by atoms with van der Waals surface area (Å²) in [5, 5.41) is 13.8. The molecule has 0 aliphatic heterocycles. The number of carbonyl (C=O) groups is 1. The maximum atomic E-state index is 12.7. The van der Waals surface area contributed by atoms with E-state index in [4.69, 9.17) is 10.8 Å². The minimum atomic E-state index is -3.69. The van der Waals surface area contributed by atoms with E-state index in [-0.39, 0.29) is 9.79 Å². The second-order valence-corrected chi connectivity index (χ2v) is 8.21. The topological polar surface area (TPSA) is 134 Å². The van der Waals surface area contributed by atoms with Gasteiger partial charge < -0.3 is 21.5 Å². The Morgan fingerprint density at radius 3 is 2.42 bits per heavy atom. The van der Waals surface area contributed by atoms with Gasteiger partial charge in [0.2, 0.25) is 9.84 Å². The average molecular weight is 443 g/mol. The lowest BCUT2D eigenvalue weighted by Crippen LogP contribution is -2.22. The second kappa shape index (κ2) is 8.86. The summed E-state index contributed by atoms with van der Waals surface area (Å²) in [7, 11) is -3.69. The summed E-state index contributed by atoms with van der Waals surface area (Å²) in [5.41, 5.74) is 6.09. The van der Waals surface area contributed by atoms with E-state index >= 15 is 0 Å². The van der Waals surface area contributed by atoms with Gasteiger partial charge in [-0.2, -0.15) is 0 Å². The Balaban J connectivity index is 2.07. The van der Waals surface area contributed by atoms with Crippen LogP contribution in [0.15, 0.2) is 50.8 Å². The fraction of sp³-hybridized carbons (Fsp3) is 0.250. The Labute approximate surface area is 159 Å². The van der Waals surface area contributed by atoms with Crippen molar-refractivity contribution in [2.24, 2.45) is 0 Å². The van der Waals surface area contributed by atoms with Crippen molar-refractivity contribution in [2.75, 3.05) is 24.1 Å². The third-order valence-electron chi connectivity index (χ3n) is 3.45. The summed E-state index contributed by atoms with van der Waals surface area (Å²) in [4.78, 5) is 14.8. The number of nitrogens with one attached hydrogen (secondary N) is 2. The molecule has 2 aromatic rings. The third kappa shape index (κ3) is 5.60. The molecule has 0 bridgehead atoms. The summed E-state index contributed by atoms with van der Waals surface area (Å²) >= 11 is 3.23. The van der Waals surface area contributed by atoms with E-state index in [2.05, 4.69) is 31.5 Å². The van der Waals surface area contributed by atoms with Gasteiger partial charge in [0.1, 0.15) is 10.4 Å². The number of benzene rings is 1. The minimum Gasteiger partial charge on any atom is -0.465 e. The van der Waals surface area contributed by atoms with Crippen LogP contribution in [0.25, 0.3) is 0 Å². The molecular formula is C16H19BrN4O4S. The number of sulfone groups is 1. The van der Waals surface area contributed by atoms with Crippen LogP contribution in [-0.2, 0) is 9.84 Å². The number of nitrogens with zero attached hydrogens (tertiary/aromatic N) is 1. The molecule has 1 amide bonds. The number of pyridine rings is 1. The molecule has 0 aliphatic carbocycles. The quantitative estimate of drug-likeness (QED) is 0.280. The molecule has 0 atom stereocenters. The van der Waals surface area contributed by atoms with Crippen LogP contribution in [0, 0.1) is 0 Å². The van der Waals surface area contributed by atoms with E-state index in [1.807, 2.05) is 0 Å². The summed E-state index contributed by atoms with van der Waals surface area (Å²) in [5.74, 6) is 0.416. The highest BCUT2D eigenvalue weighted by Crippen LogP contribution is 2.26. The highest BCUT2D eigenvalue weighted by molar-refractivity contribution is 9.10. The molecule has 0 saturated carbocycles. The van der Waals surface area contributed by atoms with Crippen molar-refractivity contribution in [3.05, 3.63) is 41.0 Å². The van der Waals surface area contributed by atoms with E-state index in [0.717, 1.165) is 0 Å². The number of hydrogen-bond acceptors (Lipinski definition) is 6. The molecule has 5 N–H and O–H groups in total. The molecule has 2 rings (SSSR count). The van der Waals surface area contributed by atoms with Gasteiger partial charge in [-0.05, 0) is 65.2 Å². The molecule has 1 aromatic heterocycles. The van der Waals surface area contributed by atoms with E-state index in [9.17, 15) is 13.2 Å². The third-order valence-corrected chi connectivity index (χ3v) is 5.61. The Morgan fingerprint density at radius 2 is 1.77 bits per heavy atom. The summed E-state index contributed by atoms with van der Waals surface area (Å²) in [6, 6.07) is 8.89. The Hall–Kier alpha value is -2.33. The number of anilines is 2. The molecule has 1 heterocycles. The largest absolute Gasteiger partial charge is 0.465 e. The second-order valence-electron chi connectivity index (χ2n) is 5.45. The number of hydrogen-bond donors (Lipinski definition) is 4. The summed E-state index contributed by atoms with van der Waals surface area (Å²) in [6.07, 6.45) is 0.308. The van der Waals surface area contributed by atoms with Crippen molar-refractivity contribution < 1.29 is 18.3 Å². The number of aromatic nitrogens is 1. The van der Waals surface area contributed by atoms with Crippen LogP contribution < -0.4 is 16.4 Å². The van der Waals surface area contributed by atoms with Crippen molar-refractivity contribution in [1.29, 1.82) is 0 Å². The maximum absolute atomic E-state index is 12.7. The first kappa shape index (κ1) is 20.0. The molecule has 0 spiro atoms. The number of carboxylic acid groups (broad SMARTS) is 1. The van der Waals surface area contributed by atoms with Crippen LogP contribution in [-0.4, -0.2) is 37.7 Å². The van der Waals surface area contributed by atoms with Gasteiger partial charge in [-0.1, -0.05) is 0 Å². The Morgan fingerprint density at radius 1 is 1.12 bits per heavy atom. The molecule has 0 unspecified atom stereocenters. The molecule has 26 heavy (non-hydrogen) atoms. The average Bonchev–Trinajstić information content (AvgIpc) is 2.57. The lowest BCUT2D eigenvalue weighted by atomic mass is 10.3. The zero-order valence-corrected chi connectivity index (χ0v) is 16.2. The van der Waals surface area contributed by atoms with Crippen LogP contribution in [0.4, 0.5) is 16.3 Å². The minimum absolute atomic E-state index is 0.110. The van der Waals surface area contributed by atoms with Crippen LogP contribution in [0.5, 0.6) is 0 Å². The number of nitrogen functional groups attached to an aromatic ring is 1. The van der Waals surface area contributed by atoms with Crippen molar-refractivity contribution >= 4 is 43.4 Å². The molecule has 140 valence electrons.